The fraction of sp³-hybridized carbons (Fsp3) is 0.0741. The van der Waals surface area contributed by atoms with Gasteiger partial charge in [0.15, 0.2) is 0 Å². The third-order valence-corrected chi connectivity index (χ3v) is 10.8. The summed E-state index contributed by atoms with van der Waals surface area (Å²) in [6.45, 7) is 0. The Hall–Kier alpha value is -1.96. The Morgan fingerprint density at radius 3 is 1.93 bits per heavy atom. The Bertz CT molecular complexity index is 1080. The second kappa shape index (κ2) is 10.4. The fourth-order valence-electron chi connectivity index (χ4n) is 4.35. The van der Waals surface area contributed by atoms with E-state index in [-0.39, 0.29) is 24.8 Å². The third kappa shape index (κ3) is 4.38. The molecule has 1 unspecified atom stereocenters. The van der Waals surface area contributed by atoms with Gasteiger partial charge in [-0.25, -0.2) is 0 Å². The summed E-state index contributed by atoms with van der Waals surface area (Å²) in [5, 5.41) is 0. The van der Waals surface area contributed by atoms with Gasteiger partial charge in [-0.3, -0.25) is 0 Å². The van der Waals surface area contributed by atoms with Crippen molar-refractivity contribution in [2.24, 2.45) is 0 Å². The minimum absolute atomic E-state index is 0. The topological polar surface area (TPSA) is 0 Å². The molecule has 0 aliphatic heterocycles. The molecule has 1 atom stereocenters. The molecule has 0 aromatic heterocycles. The number of fused-ring (bicyclic) bond motifs is 1. The zero-order chi connectivity index (χ0) is 18.8. The van der Waals surface area contributed by atoms with Crippen LogP contribution in [0, 0.1) is 0 Å². The van der Waals surface area contributed by atoms with Gasteiger partial charge in [-0.15, -0.1) is 0 Å². The van der Waals surface area contributed by atoms with Crippen LogP contribution in [0.25, 0.3) is 6.08 Å². The zero-order valence-corrected chi connectivity index (χ0v) is 19.6. The summed E-state index contributed by atoms with van der Waals surface area (Å²) in [4.78, 5) is 0. The molecule has 0 heterocycles. The molecule has 3 heteroatoms. The molecular weight excluding hydrogens is 443 g/mol. The predicted molar refractivity (Wildman–Crippen MR) is 116 cm³/mol. The van der Waals surface area contributed by atoms with Crippen molar-refractivity contribution in [2.45, 2.75) is 10.6 Å². The Kier molecular flexibility index (Phi) is 7.86. The molecule has 5 rings (SSSR count). The van der Waals surface area contributed by atoms with Gasteiger partial charge in [0.2, 0.25) is 0 Å². The van der Waals surface area contributed by atoms with Crippen LogP contribution in [0.4, 0.5) is 0 Å². The van der Waals surface area contributed by atoms with Gasteiger partial charge in [0, 0.05) is 0 Å². The monoisotopic (exact) mass is 464 g/mol. The van der Waals surface area contributed by atoms with E-state index in [1.807, 2.05) is 0 Å². The maximum Gasteiger partial charge on any atom is -1.00 e. The minimum atomic E-state index is -1.88. The molecule has 0 fully saturated rings. The molecule has 0 saturated heterocycles. The summed E-state index contributed by atoms with van der Waals surface area (Å²) in [5.41, 5.74) is 5.67. The van der Waals surface area contributed by atoms with Crippen molar-refractivity contribution >= 4 is 9.89 Å². The number of rotatable bonds is 4. The van der Waals surface area contributed by atoms with Gasteiger partial charge in [-0.1, -0.05) is 0 Å². The number of halogens is 2. The van der Waals surface area contributed by atoms with Crippen LogP contribution < -0.4 is 24.8 Å². The molecule has 0 saturated carbocycles. The summed E-state index contributed by atoms with van der Waals surface area (Å²) < 4.78 is 3.77. The van der Waals surface area contributed by atoms with E-state index in [4.69, 9.17) is 0 Å². The summed E-state index contributed by atoms with van der Waals surface area (Å²) in [6, 6.07) is 31.1. The molecule has 3 aromatic carbocycles. The fourth-order valence-corrected chi connectivity index (χ4v) is 9.76. The van der Waals surface area contributed by atoms with E-state index in [9.17, 15) is 0 Å². The molecule has 0 spiro atoms. The van der Waals surface area contributed by atoms with Gasteiger partial charge in [-0.05, 0) is 0 Å². The van der Waals surface area contributed by atoms with Gasteiger partial charge in [0.25, 0.3) is 0 Å². The summed E-state index contributed by atoms with van der Waals surface area (Å²) in [5.74, 6) is 0. The van der Waals surface area contributed by atoms with Gasteiger partial charge >= 0.3 is 173 Å². The molecule has 3 aromatic rings. The number of benzene rings is 3. The van der Waals surface area contributed by atoms with Crippen LogP contribution in [-0.4, -0.2) is 3.81 Å². The van der Waals surface area contributed by atoms with Gasteiger partial charge in [-0.2, -0.15) is 0 Å². The zero-order valence-electron chi connectivity index (χ0n) is 16.5. The van der Waals surface area contributed by atoms with Crippen molar-refractivity contribution < 1.29 is 42.2 Å². The summed E-state index contributed by atoms with van der Waals surface area (Å²) >= 11 is -1.88. The molecule has 0 nitrogen and oxygen atoms in total. The first-order chi connectivity index (χ1) is 13.9. The normalized spacial score (nSPS) is 15.3. The van der Waals surface area contributed by atoms with Crippen molar-refractivity contribution in [2.75, 3.05) is 0 Å². The largest absolute Gasteiger partial charge is 1.00 e. The van der Waals surface area contributed by atoms with E-state index in [0.717, 1.165) is 6.42 Å². The van der Waals surface area contributed by atoms with Crippen molar-refractivity contribution in [3.63, 3.8) is 0 Å². The molecule has 2 aliphatic carbocycles. The molecular formula is C27H22Cl2Ti. The van der Waals surface area contributed by atoms with Crippen LogP contribution in [0.15, 0.2) is 113 Å². The standard InChI is InChI=1S/C13H10.C9H7.C5H5.2ClH.Ti/c1-3-7-12(8-4-1)11-13-9-5-2-6-10-13;1-2-5-9-7-3-6-8(9)4-1;1-2-4-5-3-1;;;/h1-10H;1-7H;1-3H,4H2;2*1H;/q;;;;;+2/p-2. The molecule has 148 valence electrons. The number of hydrogen-bond acceptors (Lipinski definition) is 0. The minimum Gasteiger partial charge on any atom is -1.00 e. The predicted octanol–water partition coefficient (Wildman–Crippen LogP) is 0.494. The molecule has 30 heavy (non-hydrogen) atoms. The van der Waals surface area contributed by atoms with E-state index in [2.05, 4.69) is 115 Å². The van der Waals surface area contributed by atoms with E-state index < -0.39 is 17.4 Å². The van der Waals surface area contributed by atoms with Crippen LogP contribution in [0.3, 0.4) is 0 Å². The van der Waals surface area contributed by atoms with Crippen LogP contribution in [0.5, 0.6) is 0 Å². The van der Waals surface area contributed by atoms with Gasteiger partial charge in [0.05, 0.1) is 0 Å². The van der Waals surface area contributed by atoms with Crippen molar-refractivity contribution in [3.8, 4) is 0 Å². The van der Waals surface area contributed by atoms with E-state index in [0.29, 0.717) is 4.22 Å². The van der Waals surface area contributed by atoms with Crippen molar-refractivity contribution in [1.29, 1.82) is 0 Å². The Labute approximate surface area is 197 Å². The quantitative estimate of drug-likeness (QED) is 0.493. The SMILES string of the molecule is C1=CC[C]([Ti+2](=[C](c2ccccc2)c2ccccc2)[CH]2C=Cc3ccccc32)=C1.[Cl-].[Cl-]. The second-order valence-electron chi connectivity index (χ2n) is 7.31. The Morgan fingerprint density at radius 1 is 0.733 bits per heavy atom. The maximum absolute atomic E-state index is 2.48. The smallest absolute Gasteiger partial charge is 1.00 e. The average Bonchev–Trinajstić information content (AvgIpc) is 3.44. The third-order valence-electron chi connectivity index (χ3n) is 5.62. The molecule has 0 N–H and O–H groups in total. The Balaban J connectivity index is 0.00000128. The van der Waals surface area contributed by atoms with Crippen LogP contribution in [-0.2, 0) is 17.4 Å². The average molecular weight is 465 g/mol. The van der Waals surface area contributed by atoms with E-state index >= 15 is 0 Å². The molecule has 0 amide bonds. The first-order valence-corrected chi connectivity index (χ1v) is 12.4. The summed E-state index contributed by atoms with van der Waals surface area (Å²) in [6.07, 6.45) is 12.9. The van der Waals surface area contributed by atoms with E-state index in [1.54, 1.807) is 7.69 Å². The van der Waals surface area contributed by atoms with E-state index in [1.165, 1.54) is 22.3 Å². The molecule has 0 radical (unpaired) electrons. The van der Waals surface area contributed by atoms with Gasteiger partial charge < -0.3 is 24.8 Å². The van der Waals surface area contributed by atoms with Gasteiger partial charge in [0.1, 0.15) is 0 Å². The number of allylic oxidation sites excluding steroid dienone is 5. The first-order valence-electron chi connectivity index (χ1n) is 9.90. The van der Waals surface area contributed by atoms with Crippen molar-refractivity contribution in [1.82, 2.24) is 0 Å². The second-order valence-corrected chi connectivity index (χ2v) is 11.4. The number of hydrogen-bond donors (Lipinski definition) is 0. The van der Waals surface area contributed by atoms with Crippen LogP contribution >= 0.6 is 0 Å². The maximum atomic E-state index is 2.48. The summed E-state index contributed by atoms with van der Waals surface area (Å²) in [7, 11) is 0. The van der Waals surface area contributed by atoms with Crippen LogP contribution in [0.1, 0.15) is 32.9 Å². The Morgan fingerprint density at radius 2 is 1.33 bits per heavy atom. The van der Waals surface area contributed by atoms with Crippen molar-refractivity contribution in [3.05, 3.63) is 135 Å². The molecule has 0 bridgehead atoms. The van der Waals surface area contributed by atoms with Crippen LogP contribution in [0.2, 0.25) is 0 Å². The first kappa shape index (κ1) is 22.7. The molecule has 2 aliphatic rings.